The summed E-state index contributed by atoms with van der Waals surface area (Å²) in [7, 11) is 0. The Kier molecular flexibility index (Phi) is 3.37. The molecule has 1 saturated carbocycles. The van der Waals surface area contributed by atoms with Gasteiger partial charge < -0.3 is 10.3 Å². The van der Waals surface area contributed by atoms with Gasteiger partial charge in [0.2, 0.25) is 5.56 Å². The maximum Gasteiger partial charge on any atom is 0.262 e. The number of pyridine rings is 1. The van der Waals surface area contributed by atoms with E-state index in [1.165, 1.54) is 29.7 Å². The lowest BCUT2D eigenvalue weighted by Gasteiger charge is -2.25. The Morgan fingerprint density at radius 2 is 2.05 bits per heavy atom. The number of nitrogens with one attached hydrogen (secondary N) is 2. The Morgan fingerprint density at radius 3 is 2.86 bits per heavy atom. The lowest BCUT2D eigenvalue weighted by molar-refractivity contribution is 0.0936. The van der Waals surface area contributed by atoms with Crippen LogP contribution in [-0.2, 0) is 6.42 Å². The molecule has 0 bridgehead atoms. The number of carbonyl (C=O) groups excluding carboxylic acids is 1. The molecule has 0 spiro atoms. The fourth-order valence-corrected chi connectivity index (χ4v) is 4.18. The van der Waals surface area contributed by atoms with Crippen LogP contribution in [0.4, 0.5) is 0 Å². The van der Waals surface area contributed by atoms with E-state index in [0.717, 1.165) is 35.4 Å². The van der Waals surface area contributed by atoms with Crippen molar-refractivity contribution in [3.05, 3.63) is 55.6 Å². The van der Waals surface area contributed by atoms with E-state index in [1.54, 1.807) is 6.07 Å². The minimum absolute atomic E-state index is 0.00209. The van der Waals surface area contributed by atoms with Gasteiger partial charge in [0.05, 0.1) is 10.9 Å². The van der Waals surface area contributed by atoms with Gasteiger partial charge in [-0.25, -0.2) is 0 Å². The Balaban J connectivity index is 1.58. The summed E-state index contributed by atoms with van der Waals surface area (Å²) >= 11 is 1.53. The summed E-state index contributed by atoms with van der Waals surface area (Å²) in [6, 6.07) is 5.49. The summed E-state index contributed by atoms with van der Waals surface area (Å²) in [5.74, 6) is 0.614. The molecule has 2 aliphatic carbocycles. The average Bonchev–Trinajstić information content (AvgIpc) is 3.24. The van der Waals surface area contributed by atoms with Gasteiger partial charge in [0.1, 0.15) is 0 Å². The smallest absolute Gasteiger partial charge is 0.262 e. The summed E-state index contributed by atoms with van der Waals surface area (Å²) in [6.45, 7) is 0. The monoisotopic (exact) mass is 314 g/mol. The number of thiophene rings is 1. The number of aryl methyl sites for hydroxylation is 1. The molecular formula is C17H18N2O2S. The first kappa shape index (κ1) is 13.8. The molecule has 2 heterocycles. The standard InChI is InChI=1S/C17H18N2O2S/c20-15-7-6-12-13(18-15)2-1-3-14(12)19-17(21)16-11(8-9-22-16)10-4-5-10/h6-10,14H,1-5H2,(H,18,20)(H,19,21). The van der Waals surface area contributed by atoms with Gasteiger partial charge in [0.15, 0.2) is 0 Å². The van der Waals surface area contributed by atoms with Crippen molar-refractivity contribution in [2.24, 2.45) is 0 Å². The van der Waals surface area contributed by atoms with Crippen molar-refractivity contribution in [1.29, 1.82) is 0 Å². The van der Waals surface area contributed by atoms with Gasteiger partial charge in [-0.15, -0.1) is 11.3 Å². The van der Waals surface area contributed by atoms with Gasteiger partial charge in [-0.3, -0.25) is 9.59 Å². The molecule has 4 nitrogen and oxygen atoms in total. The van der Waals surface area contributed by atoms with E-state index in [0.29, 0.717) is 5.92 Å². The van der Waals surface area contributed by atoms with E-state index < -0.39 is 0 Å². The molecule has 2 N–H and O–H groups in total. The number of fused-ring (bicyclic) bond motifs is 1. The molecule has 0 aliphatic heterocycles. The number of rotatable bonds is 3. The molecule has 2 aromatic heterocycles. The van der Waals surface area contributed by atoms with Gasteiger partial charge in [-0.05, 0) is 66.7 Å². The summed E-state index contributed by atoms with van der Waals surface area (Å²) < 4.78 is 0. The van der Waals surface area contributed by atoms with Crippen molar-refractivity contribution in [1.82, 2.24) is 10.3 Å². The molecule has 0 saturated heterocycles. The van der Waals surface area contributed by atoms with Crippen LogP contribution in [0.3, 0.4) is 0 Å². The molecule has 2 aliphatic rings. The number of carbonyl (C=O) groups is 1. The third-order valence-electron chi connectivity index (χ3n) is 4.56. The molecule has 0 radical (unpaired) electrons. The Hall–Kier alpha value is -1.88. The van der Waals surface area contributed by atoms with E-state index in [-0.39, 0.29) is 17.5 Å². The zero-order chi connectivity index (χ0) is 15.1. The van der Waals surface area contributed by atoms with Crippen LogP contribution >= 0.6 is 11.3 Å². The molecule has 1 atom stereocenters. The first-order chi connectivity index (χ1) is 10.7. The normalized spacial score (nSPS) is 20.5. The second kappa shape index (κ2) is 5.39. The largest absolute Gasteiger partial charge is 0.344 e. The van der Waals surface area contributed by atoms with Crippen LogP contribution < -0.4 is 10.9 Å². The highest BCUT2D eigenvalue weighted by molar-refractivity contribution is 7.12. The Bertz CT molecular complexity index is 773. The highest BCUT2D eigenvalue weighted by atomic mass is 32.1. The Labute approximate surface area is 132 Å². The maximum absolute atomic E-state index is 12.6. The van der Waals surface area contributed by atoms with Crippen LogP contribution in [0, 0.1) is 0 Å². The van der Waals surface area contributed by atoms with Crippen molar-refractivity contribution in [3.63, 3.8) is 0 Å². The first-order valence-corrected chi connectivity index (χ1v) is 8.70. The van der Waals surface area contributed by atoms with Crippen LogP contribution in [0.2, 0.25) is 0 Å². The van der Waals surface area contributed by atoms with Crippen molar-refractivity contribution in [3.8, 4) is 0 Å². The number of aromatic nitrogens is 1. The van der Waals surface area contributed by atoms with Crippen molar-refractivity contribution in [2.75, 3.05) is 0 Å². The molecule has 5 heteroatoms. The third-order valence-corrected chi connectivity index (χ3v) is 5.49. The van der Waals surface area contributed by atoms with Crippen LogP contribution in [-0.4, -0.2) is 10.9 Å². The minimum atomic E-state index is -0.0694. The van der Waals surface area contributed by atoms with E-state index in [2.05, 4.69) is 16.4 Å². The van der Waals surface area contributed by atoms with E-state index in [9.17, 15) is 9.59 Å². The number of aromatic amines is 1. The fourth-order valence-electron chi connectivity index (χ4n) is 3.29. The van der Waals surface area contributed by atoms with Gasteiger partial charge >= 0.3 is 0 Å². The van der Waals surface area contributed by atoms with Gasteiger partial charge in [0.25, 0.3) is 5.91 Å². The first-order valence-electron chi connectivity index (χ1n) is 7.83. The van der Waals surface area contributed by atoms with E-state index in [4.69, 9.17) is 0 Å². The number of H-pyrrole nitrogens is 1. The molecular weight excluding hydrogens is 296 g/mol. The highest BCUT2D eigenvalue weighted by Gasteiger charge is 2.30. The molecule has 1 unspecified atom stereocenters. The summed E-state index contributed by atoms with van der Waals surface area (Å²) in [5.41, 5.74) is 3.17. The molecule has 114 valence electrons. The molecule has 4 rings (SSSR count). The second-order valence-electron chi connectivity index (χ2n) is 6.15. The second-order valence-corrected chi connectivity index (χ2v) is 7.07. The predicted octanol–water partition coefficient (Wildman–Crippen LogP) is 3.12. The molecule has 2 aromatic rings. The minimum Gasteiger partial charge on any atom is -0.344 e. The molecule has 0 aromatic carbocycles. The van der Waals surface area contributed by atoms with Crippen LogP contribution in [0.15, 0.2) is 28.4 Å². The van der Waals surface area contributed by atoms with Gasteiger partial charge in [-0.1, -0.05) is 0 Å². The quantitative estimate of drug-likeness (QED) is 0.914. The zero-order valence-corrected chi connectivity index (χ0v) is 13.0. The van der Waals surface area contributed by atoms with Crippen molar-refractivity contribution < 1.29 is 4.79 Å². The average molecular weight is 314 g/mol. The number of hydrogen-bond donors (Lipinski definition) is 2. The van der Waals surface area contributed by atoms with Crippen LogP contribution in [0.5, 0.6) is 0 Å². The topological polar surface area (TPSA) is 62.0 Å². The van der Waals surface area contributed by atoms with E-state index >= 15 is 0 Å². The molecule has 22 heavy (non-hydrogen) atoms. The highest BCUT2D eigenvalue weighted by Crippen LogP contribution is 2.43. The number of amides is 1. The van der Waals surface area contributed by atoms with Crippen molar-refractivity contribution in [2.45, 2.75) is 44.1 Å². The summed E-state index contributed by atoms with van der Waals surface area (Å²) in [5, 5.41) is 5.18. The van der Waals surface area contributed by atoms with E-state index in [1.807, 2.05) is 11.4 Å². The molecule has 1 fully saturated rings. The number of hydrogen-bond acceptors (Lipinski definition) is 3. The predicted molar refractivity (Wildman–Crippen MR) is 86.5 cm³/mol. The third kappa shape index (κ3) is 2.50. The summed E-state index contributed by atoms with van der Waals surface area (Å²) in [4.78, 5) is 27.8. The van der Waals surface area contributed by atoms with Crippen molar-refractivity contribution >= 4 is 17.2 Å². The molecule has 1 amide bonds. The summed E-state index contributed by atoms with van der Waals surface area (Å²) in [6.07, 6.45) is 5.19. The lowest BCUT2D eigenvalue weighted by atomic mass is 9.91. The van der Waals surface area contributed by atoms with Gasteiger partial charge in [0, 0.05) is 11.8 Å². The van der Waals surface area contributed by atoms with Crippen LogP contribution in [0.1, 0.15) is 64.1 Å². The van der Waals surface area contributed by atoms with Crippen LogP contribution in [0.25, 0.3) is 0 Å². The SMILES string of the molecule is O=C(NC1CCCc2[nH]c(=O)ccc21)c1sccc1C1CC1. The van der Waals surface area contributed by atoms with Gasteiger partial charge in [-0.2, -0.15) is 0 Å². The fraction of sp³-hybridized carbons (Fsp3) is 0.412. The lowest BCUT2D eigenvalue weighted by Crippen LogP contribution is -2.32. The maximum atomic E-state index is 12.6. The Morgan fingerprint density at radius 1 is 1.18 bits per heavy atom. The zero-order valence-electron chi connectivity index (χ0n) is 12.2.